The maximum Gasteiger partial charge on any atom is 0.429 e. The minimum absolute atomic E-state index is 0.138. The lowest BCUT2D eigenvalue weighted by atomic mass is 10.1. The number of aliphatic imine (C=N–C) groups is 1. The summed E-state index contributed by atoms with van der Waals surface area (Å²) in [6.45, 7) is 6.90. The number of aryl methyl sites for hydroxylation is 1. The van der Waals surface area contributed by atoms with Crippen molar-refractivity contribution in [1.29, 1.82) is 0 Å². The smallest absolute Gasteiger partial charge is 0.248 e. The molecule has 0 saturated heterocycles. The molecule has 0 fully saturated rings. The van der Waals surface area contributed by atoms with Gasteiger partial charge in [0.15, 0.2) is 0 Å². The Morgan fingerprint density at radius 2 is 1.76 bits per heavy atom. The average molecular weight is 241 g/mol. The molecule has 1 nitrogen and oxygen atoms in total. The van der Waals surface area contributed by atoms with E-state index in [1.807, 2.05) is 19.1 Å². The van der Waals surface area contributed by atoms with Crippen LogP contribution in [0.15, 0.2) is 35.8 Å². The van der Waals surface area contributed by atoms with Gasteiger partial charge in [0, 0.05) is 0 Å². The van der Waals surface area contributed by atoms with Gasteiger partial charge in [-0.2, -0.15) is 13.2 Å². The summed E-state index contributed by atoms with van der Waals surface area (Å²) in [5.41, 5.74) is 0.977. The lowest BCUT2D eigenvalue weighted by Crippen LogP contribution is -2.22. The van der Waals surface area contributed by atoms with Crippen LogP contribution in [0, 0.1) is 6.92 Å². The van der Waals surface area contributed by atoms with Gasteiger partial charge in [-0.1, -0.05) is 43.3 Å². The van der Waals surface area contributed by atoms with Crippen LogP contribution < -0.4 is 0 Å². The molecule has 0 aliphatic heterocycles. The average Bonchev–Trinajstić information content (AvgIpc) is 2.24. The normalized spacial score (nSPS) is 12.6. The first-order valence-electron chi connectivity index (χ1n) is 5.25. The zero-order chi connectivity index (χ0) is 13.1. The van der Waals surface area contributed by atoms with E-state index in [2.05, 4.69) is 11.6 Å². The Labute approximate surface area is 98.7 Å². The van der Waals surface area contributed by atoms with E-state index in [9.17, 15) is 13.2 Å². The Morgan fingerprint density at radius 1 is 1.24 bits per heavy atom. The van der Waals surface area contributed by atoms with Crippen molar-refractivity contribution in [3.63, 3.8) is 0 Å². The quantitative estimate of drug-likeness (QED) is 0.696. The van der Waals surface area contributed by atoms with Crippen molar-refractivity contribution in [3.05, 3.63) is 42.0 Å². The molecule has 0 heterocycles. The van der Waals surface area contributed by atoms with Gasteiger partial charge in [0.05, 0.1) is 5.70 Å². The zero-order valence-electron chi connectivity index (χ0n) is 9.80. The molecule has 0 N–H and O–H groups in total. The van der Waals surface area contributed by atoms with Crippen molar-refractivity contribution in [2.24, 2.45) is 4.99 Å². The molecule has 0 amide bonds. The highest BCUT2D eigenvalue weighted by Crippen LogP contribution is 2.23. The lowest BCUT2D eigenvalue weighted by molar-refractivity contribution is -0.0601. The van der Waals surface area contributed by atoms with E-state index in [1.165, 1.54) is 6.92 Å². The van der Waals surface area contributed by atoms with Crippen LogP contribution in [-0.4, -0.2) is 11.9 Å². The molecule has 1 aromatic carbocycles. The summed E-state index contributed by atoms with van der Waals surface area (Å²) in [5.74, 6) is 0. The number of rotatable bonds is 3. The van der Waals surface area contributed by atoms with Crippen LogP contribution in [0.3, 0.4) is 0 Å². The predicted octanol–water partition coefficient (Wildman–Crippen LogP) is 4.38. The van der Waals surface area contributed by atoms with Gasteiger partial charge in [0.1, 0.15) is 5.71 Å². The van der Waals surface area contributed by atoms with Crippen molar-refractivity contribution >= 4 is 11.4 Å². The molecule has 0 aromatic heterocycles. The Hall–Kier alpha value is -1.58. The summed E-state index contributed by atoms with van der Waals surface area (Å²) in [6.07, 6.45) is -4.54. The SMILES string of the molecule is C=C(/N=C(\CC)C(F)(F)F)c1ccc(C)cc1. The highest BCUT2D eigenvalue weighted by atomic mass is 19.4. The fourth-order valence-corrected chi connectivity index (χ4v) is 1.32. The minimum Gasteiger partial charge on any atom is -0.248 e. The lowest BCUT2D eigenvalue weighted by Gasteiger charge is -2.09. The van der Waals surface area contributed by atoms with Gasteiger partial charge >= 0.3 is 6.18 Å². The fraction of sp³-hybridized carbons (Fsp3) is 0.308. The third-order valence-corrected chi connectivity index (χ3v) is 2.32. The highest BCUT2D eigenvalue weighted by Gasteiger charge is 2.34. The van der Waals surface area contributed by atoms with Crippen molar-refractivity contribution in [2.45, 2.75) is 26.4 Å². The molecule has 0 radical (unpaired) electrons. The molecule has 1 rings (SSSR count). The van der Waals surface area contributed by atoms with E-state index in [0.29, 0.717) is 5.56 Å². The van der Waals surface area contributed by atoms with E-state index in [-0.39, 0.29) is 12.1 Å². The van der Waals surface area contributed by atoms with E-state index >= 15 is 0 Å². The van der Waals surface area contributed by atoms with Crippen LogP contribution in [-0.2, 0) is 0 Å². The number of nitrogens with zero attached hydrogens (tertiary/aromatic N) is 1. The molecule has 0 bridgehead atoms. The first-order chi connectivity index (χ1) is 7.84. The van der Waals surface area contributed by atoms with Gasteiger partial charge in [-0.15, -0.1) is 0 Å². The predicted molar refractivity (Wildman–Crippen MR) is 64.0 cm³/mol. The van der Waals surface area contributed by atoms with Gasteiger partial charge in [-0.3, -0.25) is 0 Å². The van der Waals surface area contributed by atoms with Gasteiger partial charge in [0.25, 0.3) is 0 Å². The van der Waals surface area contributed by atoms with Crippen LogP contribution in [0.2, 0.25) is 0 Å². The van der Waals surface area contributed by atoms with Crippen molar-refractivity contribution < 1.29 is 13.2 Å². The summed E-state index contributed by atoms with van der Waals surface area (Å²) in [4.78, 5) is 3.56. The van der Waals surface area contributed by atoms with Crippen molar-refractivity contribution in [1.82, 2.24) is 0 Å². The molecule has 0 spiro atoms. The molecule has 0 aliphatic rings. The number of hydrogen-bond donors (Lipinski definition) is 0. The molecule has 4 heteroatoms. The molecule has 92 valence electrons. The maximum atomic E-state index is 12.5. The molecular weight excluding hydrogens is 227 g/mol. The Kier molecular flexibility index (Phi) is 4.10. The first kappa shape index (κ1) is 13.5. The number of hydrogen-bond acceptors (Lipinski definition) is 1. The van der Waals surface area contributed by atoms with Gasteiger partial charge in [-0.25, -0.2) is 4.99 Å². The second kappa shape index (κ2) is 5.17. The van der Waals surface area contributed by atoms with E-state index < -0.39 is 11.9 Å². The molecule has 0 aliphatic carbocycles. The van der Waals surface area contributed by atoms with Crippen LogP contribution in [0.4, 0.5) is 13.2 Å². The van der Waals surface area contributed by atoms with Crippen LogP contribution >= 0.6 is 0 Å². The number of alkyl halides is 3. The third kappa shape index (κ3) is 3.73. The summed E-state index contributed by atoms with van der Waals surface area (Å²) < 4.78 is 37.5. The molecule has 0 unspecified atom stereocenters. The second-order valence-electron chi connectivity index (χ2n) is 3.72. The Bertz CT molecular complexity index is 427. The van der Waals surface area contributed by atoms with Crippen molar-refractivity contribution in [2.75, 3.05) is 0 Å². The Morgan fingerprint density at radius 3 is 2.18 bits per heavy atom. The molecule has 17 heavy (non-hydrogen) atoms. The minimum atomic E-state index is -4.39. The standard InChI is InChI=1S/C13H14F3N/c1-4-12(13(14,15)16)17-10(3)11-7-5-9(2)6-8-11/h5-8H,3-4H2,1-2H3/b17-12+. The van der Waals surface area contributed by atoms with E-state index in [1.54, 1.807) is 12.1 Å². The molecule has 1 aromatic rings. The fourth-order valence-electron chi connectivity index (χ4n) is 1.32. The maximum absolute atomic E-state index is 12.5. The molecular formula is C13H14F3N. The number of halogens is 3. The molecule has 0 atom stereocenters. The summed E-state index contributed by atoms with van der Waals surface area (Å²) in [6, 6.07) is 7.06. The van der Waals surface area contributed by atoms with Crippen molar-refractivity contribution in [3.8, 4) is 0 Å². The molecule has 0 saturated carbocycles. The highest BCUT2D eigenvalue weighted by molar-refractivity contribution is 5.93. The van der Waals surface area contributed by atoms with Crippen LogP contribution in [0.5, 0.6) is 0 Å². The van der Waals surface area contributed by atoms with Crippen LogP contribution in [0.1, 0.15) is 24.5 Å². The summed E-state index contributed by atoms with van der Waals surface area (Å²) in [7, 11) is 0. The monoisotopic (exact) mass is 241 g/mol. The topological polar surface area (TPSA) is 12.4 Å². The first-order valence-corrected chi connectivity index (χ1v) is 5.25. The van der Waals surface area contributed by atoms with Gasteiger partial charge in [-0.05, 0) is 18.9 Å². The number of benzene rings is 1. The van der Waals surface area contributed by atoms with Gasteiger partial charge < -0.3 is 0 Å². The van der Waals surface area contributed by atoms with E-state index in [0.717, 1.165) is 5.56 Å². The summed E-state index contributed by atoms with van der Waals surface area (Å²) >= 11 is 0. The summed E-state index contributed by atoms with van der Waals surface area (Å²) in [5, 5.41) is 0. The zero-order valence-corrected chi connectivity index (χ0v) is 9.80. The van der Waals surface area contributed by atoms with Gasteiger partial charge in [0.2, 0.25) is 0 Å². The van der Waals surface area contributed by atoms with Crippen LogP contribution in [0.25, 0.3) is 5.70 Å². The largest absolute Gasteiger partial charge is 0.429 e. The Balaban J connectivity index is 2.98. The van der Waals surface area contributed by atoms with E-state index in [4.69, 9.17) is 0 Å². The third-order valence-electron chi connectivity index (χ3n) is 2.32. The second-order valence-corrected chi connectivity index (χ2v) is 3.72.